The molecule has 0 fully saturated rings. The molecule has 108 valence electrons. The summed E-state index contributed by atoms with van der Waals surface area (Å²) >= 11 is 5.77. The molecule has 0 aromatic heterocycles. The summed E-state index contributed by atoms with van der Waals surface area (Å²) in [7, 11) is 0. The lowest BCUT2D eigenvalue weighted by atomic mass is 10.2. The van der Waals surface area contributed by atoms with Crippen LogP contribution in [0, 0.1) is 0 Å². The Kier molecular flexibility index (Phi) is 4.31. The Labute approximate surface area is 122 Å². The van der Waals surface area contributed by atoms with Crippen molar-refractivity contribution in [1.29, 1.82) is 0 Å². The summed E-state index contributed by atoms with van der Waals surface area (Å²) in [5.74, 6) is 0.442. The van der Waals surface area contributed by atoms with Crippen molar-refractivity contribution in [2.45, 2.75) is 6.18 Å². The molecule has 0 amide bonds. The third-order valence-electron chi connectivity index (χ3n) is 2.50. The predicted octanol–water partition coefficient (Wildman–Crippen LogP) is 5.12. The summed E-state index contributed by atoms with van der Waals surface area (Å²) in [5.41, 5.74) is -0.466. The number of carbonyl (C=O) groups excluding carboxylic acids is 1. The molecular formula is C14H7ClF3NO2. The average Bonchev–Trinajstić information content (AvgIpc) is 2.42. The summed E-state index contributed by atoms with van der Waals surface area (Å²) in [6.07, 6.45) is -3.07. The highest BCUT2D eigenvalue weighted by Gasteiger charge is 2.31. The number of isocyanates is 1. The molecular weight excluding hydrogens is 307 g/mol. The van der Waals surface area contributed by atoms with Gasteiger partial charge in [0.25, 0.3) is 0 Å². The zero-order valence-electron chi connectivity index (χ0n) is 10.3. The van der Waals surface area contributed by atoms with Crippen molar-refractivity contribution in [3.63, 3.8) is 0 Å². The highest BCUT2D eigenvalue weighted by atomic mass is 35.5. The van der Waals surface area contributed by atoms with Gasteiger partial charge in [-0.15, -0.1) is 0 Å². The van der Waals surface area contributed by atoms with Crippen molar-refractivity contribution in [2.24, 2.45) is 4.99 Å². The molecule has 0 aliphatic rings. The largest absolute Gasteiger partial charge is 0.456 e. The summed E-state index contributed by atoms with van der Waals surface area (Å²) < 4.78 is 42.9. The Bertz CT molecular complexity index is 692. The minimum Gasteiger partial charge on any atom is -0.456 e. The summed E-state index contributed by atoms with van der Waals surface area (Å²) in [6, 6.07) is 8.82. The van der Waals surface area contributed by atoms with Gasteiger partial charge in [-0.3, -0.25) is 0 Å². The van der Waals surface area contributed by atoms with E-state index >= 15 is 0 Å². The maximum absolute atomic E-state index is 12.5. The molecule has 0 radical (unpaired) electrons. The number of rotatable bonds is 3. The highest BCUT2D eigenvalue weighted by Crippen LogP contribution is 2.36. The molecule has 3 nitrogen and oxygen atoms in total. The van der Waals surface area contributed by atoms with E-state index in [1.165, 1.54) is 30.3 Å². The van der Waals surface area contributed by atoms with Crippen molar-refractivity contribution < 1.29 is 22.7 Å². The van der Waals surface area contributed by atoms with Crippen molar-refractivity contribution in [3.8, 4) is 11.5 Å². The number of hydrogen-bond donors (Lipinski definition) is 0. The highest BCUT2D eigenvalue weighted by molar-refractivity contribution is 6.32. The molecule has 2 rings (SSSR count). The van der Waals surface area contributed by atoms with Gasteiger partial charge in [-0.25, -0.2) is 4.79 Å². The fourth-order valence-electron chi connectivity index (χ4n) is 1.53. The van der Waals surface area contributed by atoms with E-state index in [-0.39, 0.29) is 10.8 Å². The van der Waals surface area contributed by atoms with Gasteiger partial charge in [-0.05, 0) is 42.5 Å². The zero-order chi connectivity index (χ0) is 15.5. The van der Waals surface area contributed by atoms with Crippen LogP contribution in [0.1, 0.15) is 5.56 Å². The summed E-state index contributed by atoms with van der Waals surface area (Å²) in [4.78, 5) is 13.5. The normalized spacial score (nSPS) is 10.9. The van der Waals surface area contributed by atoms with Crippen molar-refractivity contribution in [2.75, 3.05) is 0 Å². The van der Waals surface area contributed by atoms with Gasteiger partial charge in [0.2, 0.25) is 6.08 Å². The second kappa shape index (κ2) is 5.99. The van der Waals surface area contributed by atoms with Crippen LogP contribution in [0.4, 0.5) is 18.9 Å². The van der Waals surface area contributed by atoms with E-state index in [0.29, 0.717) is 11.4 Å². The van der Waals surface area contributed by atoms with E-state index in [2.05, 4.69) is 4.99 Å². The lowest BCUT2D eigenvalue weighted by Gasteiger charge is -2.11. The zero-order valence-corrected chi connectivity index (χ0v) is 11.1. The standard InChI is InChI=1S/C14H7ClF3NO2/c15-12-7-9(14(16,17)18)1-6-13(12)21-11-4-2-10(3-5-11)19-8-20/h1-7H. The molecule has 7 heteroatoms. The maximum atomic E-state index is 12.5. The van der Waals surface area contributed by atoms with Crippen LogP contribution < -0.4 is 4.74 Å². The molecule has 0 unspecified atom stereocenters. The molecule has 0 heterocycles. The van der Waals surface area contributed by atoms with Gasteiger partial charge in [-0.2, -0.15) is 18.2 Å². The molecule has 21 heavy (non-hydrogen) atoms. The molecule has 0 aliphatic heterocycles. The second-order valence-corrected chi connectivity index (χ2v) is 4.35. The van der Waals surface area contributed by atoms with Crippen LogP contribution in [0.15, 0.2) is 47.5 Å². The SMILES string of the molecule is O=C=Nc1ccc(Oc2ccc(C(F)(F)F)cc2Cl)cc1. The lowest BCUT2D eigenvalue weighted by Crippen LogP contribution is -2.04. The van der Waals surface area contributed by atoms with E-state index in [9.17, 15) is 18.0 Å². The minimum atomic E-state index is -4.46. The lowest BCUT2D eigenvalue weighted by molar-refractivity contribution is -0.137. The Balaban J connectivity index is 2.21. The molecule has 0 bridgehead atoms. The topological polar surface area (TPSA) is 38.7 Å². The van der Waals surface area contributed by atoms with Crippen molar-refractivity contribution in [1.82, 2.24) is 0 Å². The van der Waals surface area contributed by atoms with Crippen LogP contribution >= 0.6 is 11.6 Å². The predicted molar refractivity (Wildman–Crippen MR) is 70.8 cm³/mol. The van der Waals surface area contributed by atoms with E-state index < -0.39 is 11.7 Å². The molecule has 0 atom stereocenters. The van der Waals surface area contributed by atoms with Crippen LogP contribution in [0.25, 0.3) is 0 Å². The molecule has 0 N–H and O–H groups in total. The first kappa shape index (κ1) is 15.1. The van der Waals surface area contributed by atoms with Crippen LogP contribution in [0.3, 0.4) is 0 Å². The average molecular weight is 314 g/mol. The second-order valence-electron chi connectivity index (χ2n) is 3.94. The van der Waals surface area contributed by atoms with Crippen LogP contribution in [0.2, 0.25) is 5.02 Å². The third kappa shape index (κ3) is 3.84. The van der Waals surface area contributed by atoms with Gasteiger partial charge in [0.05, 0.1) is 16.3 Å². The molecule has 0 aliphatic carbocycles. The summed E-state index contributed by atoms with van der Waals surface area (Å²) in [6.45, 7) is 0. The number of ether oxygens (including phenoxy) is 1. The maximum Gasteiger partial charge on any atom is 0.416 e. The number of hydrogen-bond acceptors (Lipinski definition) is 3. The van der Waals surface area contributed by atoms with E-state index in [1.807, 2.05) is 0 Å². The van der Waals surface area contributed by atoms with Gasteiger partial charge in [-0.1, -0.05) is 11.6 Å². The van der Waals surface area contributed by atoms with Gasteiger partial charge >= 0.3 is 6.18 Å². The minimum absolute atomic E-state index is 0.0938. The first-order valence-electron chi connectivity index (χ1n) is 5.62. The number of halogens is 4. The third-order valence-corrected chi connectivity index (χ3v) is 2.79. The molecule has 0 saturated carbocycles. The van der Waals surface area contributed by atoms with Gasteiger partial charge in [0, 0.05) is 0 Å². The Morgan fingerprint density at radius 1 is 1.10 bits per heavy atom. The van der Waals surface area contributed by atoms with Crippen LogP contribution in [-0.4, -0.2) is 6.08 Å². The van der Waals surface area contributed by atoms with E-state index in [4.69, 9.17) is 16.3 Å². The van der Waals surface area contributed by atoms with Crippen molar-refractivity contribution in [3.05, 3.63) is 53.1 Å². The molecule has 0 spiro atoms. The Hall–Kier alpha value is -2.30. The molecule has 0 saturated heterocycles. The fraction of sp³-hybridized carbons (Fsp3) is 0.0714. The van der Waals surface area contributed by atoms with Crippen LogP contribution in [0.5, 0.6) is 11.5 Å². The van der Waals surface area contributed by atoms with E-state index in [0.717, 1.165) is 18.2 Å². The smallest absolute Gasteiger partial charge is 0.416 e. The number of aliphatic imine (C=N–C) groups is 1. The first-order chi connectivity index (χ1) is 9.90. The summed E-state index contributed by atoms with van der Waals surface area (Å²) in [5, 5.41) is -0.153. The van der Waals surface area contributed by atoms with E-state index in [1.54, 1.807) is 0 Å². The van der Waals surface area contributed by atoms with Gasteiger partial charge < -0.3 is 4.74 Å². The van der Waals surface area contributed by atoms with Gasteiger partial charge in [0.15, 0.2) is 0 Å². The monoisotopic (exact) mass is 313 g/mol. The van der Waals surface area contributed by atoms with Gasteiger partial charge in [0.1, 0.15) is 11.5 Å². The molecule has 2 aromatic carbocycles. The van der Waals surface area contributed by atoms with Crippen molar-refractivity contribution >= 4 is 23.4 Å². The fourth-order valence-corrected chi connectivity index (χ4v) is 1.75. The number of benzene rings is 2. The number of nitrogens with zero attached hydrogens (tertiary/aromatic N) is 1. The number of alkyl halides is 3. The quantitative estimate of drug-likeness (QED) is 0.583. The van der Waals surface area contributed by atoms with Crippen LogP contribution in [-0.2, 0) is 11.0 Å². The Morgan fingerprint density at radius 3 is 2.29 bits per heavy atom. The Morgan fingerprint density at radius 2 is 1.76 bits per heavy atom. The first-order valence-corrected chi connectivity index (χ1v) is 6.00. The molecule has 2 aromatic rings.